The van der Waals surface area contributed by atoms with E-state index in [4.69, 9.17) is 15.7 Å². The Morgan fingerprint density at radius 3 is 2.41 bits per heavy atom. The molecular formula is C28H27N5O. The zero-order valence-electron chi connectivity index (χ0n) is 19.3. The molecule has 6 nitrogen and oxygen atoms in total. The number of aromatic nitrogens is 3. The van der Waals surface area contributed by atoms with Crippen LogP contribution in [0.2, 0.25) is 0 Å². The number of amides is 1. The summed E-state index contributed by atoms with van der Waals surface area (Å²) in [7, 11) is 0. The molecule has 2 aromatic heterocycles. The van der Waals surface area contributed by atoms with Crippen LogP contribution >= 0.6 is 0 Å². The quantitative estimate of drug-likeness (QED) is 0.372. The molecule has 5 rings (SSSR count). The van der Waals surface area contributed by atoms with Crippen LogP contribution in [0, 0.1) is 6.92 Å². The molecule has 1 amide bonds. The van der Waals surface area contributed by atoms with Gasteiger partial charge in [0, 0.05) is 11.7 Å². The molecule has 0 fully saturated rings. The Balaban J connectivity index is 1.55. The molecular weight excluding hydrogens is 422 g/mol. The Labute approximate surface area is 198 Å². The molecule has 0 aliphatic heterocycles. The van der Waals surface area contributed by atoms with Gasteiger partial charge in [-0.2, -0.15) is 0 Å². The summed E-state index contributed by atoms with van der Waals surface area (Å²) in [5.74, 6) is 0.0997. The lowest BCUT2D eigenvalue weighted by molar-refractivity contribution is 0.0941. The summed E-state index contributed by atoms with van der Waals surface area (Å²) in [6.45, 7) is 4.03. The van der Waals surface area contributed by atoms with Gasteiger partial charge in [0.1, 0.15) is 16.9 Å². The van der Waals surface area contributed by atoms with Crippen molar-refractivity contribution in [2.24, 2.45) is 0 Å². The zero-order valence-corrected chi connectivity index (χ0v) is 19.3. The van der Waals surface area contributed by atoms with Crippen LogP contribution in [0.4, 0.5) is 5.82 Å². The molecule has 1 atom stereocenters. The van der Waals surface area contributed by atoms with Crippen LogP contribution in [0.25, 0.3) is 27.9 Å². The molecule has 34 heavy (non-hydrogen) atoms. The van der Waals surface area contributed by atoms with Gasteiger partial charge in [0.05, 0.1) is 11.0 Å². The number of nitrogens with zero attached hydrogens (tertiary/aromatic N) is 3. The number of nitrogen functional groups attached to an aromatic ring is 1. The van der Waals surface area contributed by atoms with Gasteiger partial charge in [-0.1, -0.05) is 54.6 Å². The summed E-state index contributed by atoms with van der Waals surface area (Å²) >= 11 is 0. The van der Waals surface area contributed by atoms with Gasteiger partial charge in [0.2, 0.25) is 0 Å². The number of hydrogen-bond donors (Lipinski definition) is 2. The third kappa shape index (κ3) is 4.10. The number of rotatable bonds is 6. The van der Waals surface area contributed by atoms with E-state index in [9.17, 15) is 4.79 Å². The first kappa shape index (κ1) is 21.6. The first-order chi connectivity index (χ1) is 16.5. The van der Waals surface area contributed by atoms with Crippen LogP contribution < -0.4 is 11.1 Å². The summed E-state index contributed by atoms with van der Waals surface area (Å²) in [6.07, 6.45) is 1.70. The molecule has 0 bridgehead atoms. The maximum absolute atomic E-state index is 13.5. The highest BCUT2D eigenvalue weighted by atomic mass is 16.1. The Morgan fingerprint density at radius 1 is 0.971 bits per heavy atom. The number of carbonyl (C=O) groups excluding carboxylic acids is 1. The van der Waals surface area contributed by atoms with Gasteiger partial charge in [-0.25, -0.2) is 9.97 Å². The number of para-hydroxylation sites is 2. The van der Waals surface area contributed by atoms with Gasteiger partial charge in [-0.3, -0.25) is 9.36 Å². The summed E-state index contributed by atoms with van der Waals surface area (Å²) in [6, 6.07) is 25.9. The molecule has 5 aromatic rings. The molecule has 0 aliphatic carbocycles. The number of anilines is 1. The largest absolute Gasteiger partial charge is 0.384 e. The third-order valence-electron chi connectivity index (χ3n) is 6.07. The fourth-order valence-electron chi connectivity index (χ4n) is 4.31. The molecule has 170 valence electrons. The predicted octanol–water partition coefficient (Wildman–Crippen LogP) is 5.22. The number of fused-ring (bicyclic) bond motifs is 2. The number of nitrogens with two attached hydrogens (primary N) is 1. The van der Waals surface area contributed by atoms with Crippen molar-refractivity contribution in [2.45, 2.75) is 32.7 Å². The lowest BCUT2D eigenvalue weighted by Crippen LogP contribution is -2.33. The third-order valence-corrected chi connectivity index (χ3v) is 6.07. The summed E-state index contributed by atoms with van der Waals surface area (Å²) in [5.41, 5.74) is 12.7. The number of aryl methyl sites for hydroxylation is 2. The average molecular weight is 450 g/mol. The van der Waals surface area contributed by atoms with Crippen molar-refractivity contribution in [2.75, 3.05) is 5.73 Å². The number of nitrogens with one attached hydrogen (secondary N) is 1. The number of carbonyl (C=O) groups is 1. The lowest BCUT2D eigenvalue weighted by atomic mass is 10.1. The first-order valence-corrected chi connectivity index (χ1v) is 11.5. The van der Waals surface area contributed by atoms with E-state index in [1.54, 1.807) is 0 Å². The fraction of sp³-hybridized carbons (Fsp3) is 0.179. The second kappa shape index (κ2) is 8.98. The van der Waals surface area contributed by atoms with Crippen LogP contribution in [0.1, 0.15) is 34.8 Å². The van der Waals surface area contributed by atoms with E-state index in [-0.39, 0.29) is 11.9 Å². The van der Waals surface area contributed by atoms with Crippen LogP contribution in [0.5, 0.6) is 0 Å². The van der Waals surface area contributed by atoms with Gasteiger partial charge in [0.15, 0.2) is 5.65 Å². The van der Waals surface area contributed by atoms with E-state index in [1.165, 1.54) is 5.56 Å². The Bertz CT molecular complexity index is 1490. The average Bonchev–Trinajstić information content (AvgIpc) is 3.12. The van der Waals surface area contributed by atoms with Crippen molar-refractivity contribution in [1.29, 1.82) is 0 Å². The van der Waals surface area contributed by atoms with Gasteiger partial charge in [-0.05, 0) is 62.1 Å². The highest BCUT2D eigenvalue weighted by molar-refractivity contribution is 6.11. The zero-order chi connectivity index (χ0) is 23.7. The van der Waals surface area contributed by atoms with Crippen molar-refractivity contribution in [3.8, 4) is 5.69 Å². The maximum atomic E-state index is 13.5. The van der Waals surface area contributed by atoms with Gasteiger partial charge in [-0.15, -0.1) is 0 Å². The van der Waals surface area contributed by atoms with E-state index >= 15 is 0 Å². The topological polar surface area (TPSA) is 85.8 Å². The van der Waals surface area contributed by atoms with Crippen molar-refractivity contribution in [1.82, 2.24) is 19.9 Å². The van der Waals surface area contributed by atoms with Crippen molar-refractivity contribution < 1.29 is 4.79 Å². The lowest BCUT2D eigenvalue weighted by Gasteiger charge is -2.14. The van der Waals surface area contributed by atoms with Crippen molar-refractivity contribution in [3.05, 3.63) is 95.6 Å². The van der Waals surface area contributed by atoms with Crippen LogP contribution in [-0.2, 0) is 6.42 Å². The normalized spacial score (nSPS) is 12.2. The number of hydrogen-bond acceptors (Lipinski definition) is 4. The second-order valence-corrected chi connectivity index (χ2v) is 8.72. The van der Waals surface area contributed by atoms with Gasteiger partial charge < -0.3 is 11.1 Å². The standard InChI is InChI=1S/C28H27N5O/c1-18-9-8-12-21(17-18)33-26(29)24(25-27(33)32-23-14-7-6-13-22(23)31-25)28(34)30-19(2)15-16-20-10-4-3-5-11-20/h3-14,17,19H,15-16,29H2,1-2H3,(H,30,34)/t19-/m0/s1. The molecule has 0 saturated heterocycles. The molecule has 3 N–H and O–H groups in total. The first-order valence-electron chi connectivity index (χ1n) is 11.5. The minimum Gasteiger partial charge on any atom is -0.384 e. The second-order valence-electron chi connectivity index (χ2n) is 8.72. The van der Waals surface area contributed by atoms with Crippen molar-refractivity contribution in [3.63, 3.8) is 0 Å². The molecule has 0 radical (unpaired) electrons. The highest BCUT2D eigenvalue weighted by Crippen LogP contribution is 2.31. The highest BCUT2D eigenvalue weighted by Gasteiger charge is 2.25. The predicted molar refractivity (Wildman–Crippen MR) is 137 cm³/mol. The molecule has 0 saturated carbocycles. The summed E-state index contributed by atoms with van der Waals surface area (Å²) in [5, 5.41) is 3.12. The van der Waals surface area contributed by atoms with Crippen LogP contribution in [0.3, 0.4) is 0 Å². The Morgan fingerprint density at radius 2 is 1.68 bits per heavy atom. The van der Waals surface area contributed by atoms with Gasteiger partial charge >= 0.3 is 0 Å². The van der Waals surface area contributed by atoms with Crippen LogP contribution in [-0.4, -0.2) is 26.5 Å². The fourth-order valence-corrected chi connectivity index (χ4v) is 4.31. The van der Waals surface area contributed by atoms with E-state index in [0.29, 0.717) is 22.5 Å². The molecule has 2 heterocycles. The molecule has 0 unspecified atom stereocenters. The molecule has 3 aromatic carbocycles. The van der Waals surface area contributed by atoms with E-state index in [0.717, 1.165) is 35.1 Å². The molecule has 0 spiro atoms. The monoisotopic (exact) mass is 449 g/mol. The number of benzene rings is 3. The smallest absolute Gasteiger partial charge is 0.257 e. The van der Waals surface area contributed by atoms with E-state index < -0.39 is 0 Å². The van der Waals surface area contributed by atoms with Crippen LogP contribution in [0.15, 0.2) is 78.9 Å². The SMILES string of the molecule is Cc1cccc(-n2c(N)c(C(=O)N[C@@H](C)CCc3ccccc3)c3nc4ccccc4nc32)c1. The minimum atomic E-state index is -0.237. The maximum Gasteiger partial charge on any atom is 0.257 e. The van der Waals surface area contributed by atoms with Gasteiger partial charge in [0.25, 0.3) is 5.91 Å². The Hall–Kier alpha value is -4.19. The Kier molecular flexibility index (Phi) is 5.72. The molecule has 6 heteroatoms. The van der Waals surface area contributed by atoms with E-state index in [1.807, 2.05) is 85.1 Å². The minimum absolute atomic E-state index is 0.0297. The molecule has 0 aliphatic rings. The van der Waals surface area contributed by atoms with E-state index in [2.05, 4.69) is 17.4 Å². The van der Waals surface area contributed by atoms with Crippen molar-refractivity contribution >= 4 is 33.9 Å². The summed E-state index contributed by atoms with van der Waals surface area (Å²) < 4.78 is 1.82. The summed E-state index contributed by atoms with van der Waals surface area (Å²) in [4.78, 5) is 23.1.